The Kier molecular flexibility index (Phi) is 5.66. The van der Waals surface area contributed by atoms with Crippen LogP contribution in [-0.4, -0.2) is 57.7 Å². The molecule has 36 heavy (non-hydrogen) atoms. The summed E-state index contributed by atoms with van der Waals surface area (Å²) in [5, 5.41) is 10.9. The number of carbonyl (C=O) groups is 1. The van der Waals surface area contributed by atoms with Crippen LogP contribution >= 0.6 is 0 Å². The highest BCUT2D eigenvalue weighted by Crippen LogP contribution is 2.36. The fourth-order valence-electron chi connectivity index (χ4n) is 5.14. The number of nitrogens with zero attached hydrogens (tertiary/aromatic N) is 5. The van der Waals surface area contributed by atoms with Crippen molar-refractivity contribution >= 4 is 23.1 Å². The zero-order valence-electron chi connectivity index (χ0n) is 20.7. The molecule has 1 amide bonds. The first kappa shape index (κ1) is 22.6. The van der Waals surface area contributed by atoms with E-state index < -0.39 is 0 Å². The molecule has 9 nitrogen and oxygen atoms in total. The summed E-state index contributed by atoms with van der Waals surface area (Å²) in [5.41, 5.74) is 8.21. The molecule has 1 aromatic carbocycles. The Labute approximate surface area is 209 Å². The van der Waals surface area contributed by atoms with Crippen molar-refractivity contribution in [1.29, 1.82) is 0 Å². The second-order valence-electron chi connectivity index (χ2n) is 9.80. The molecule has 0 bridgehead atoms. The van der Waals surface area contributed by atoms with E-state index in [1.165, 1.54) is 5.56 Å². The van der Waals surface area contributed by atoms with E-state index >= 15 is 0 Å². The number of amides is 1. The maximum Gasteiger partial charge on any atom is 0.254 e. The van der Waals surface area contributed by atoms with Gasteiger partial charge in [-0.25, -0.2) is 14.5 Å². The Hall–Kier alpha value is -3.82. The third kappa shape index (κ3) is 4.00. The minimum absolute atomic E-state index is 0.0970. The molecule has 2 aliphatic heterocycles. The SMILES string of the molecule is Cc1cnn2c(-c3ccc(Nc4ccc([C@@H]5CCOC5)c(CN(C)C)n4)c4c3CNC4=O)cnc2c1. The van der Waals surface area contributed by atoms with Crippen LogP contribution in [0.5, 0.6) is 0 Å². The summed E-state index contributed by atoms with van der Waals surface area (Å²) in [6.07, 6.45) is 4.64. The molecule has 0 unspecified atom stereocenters. The number of pyridine rings is 1. The maximum atomic E-state index is 12.9. The van der Waals surface area contributed by atoms with Gasteiger partial charge in [-0.1, -0.05) is 12.1 Å². The highest BCUT2D eigenvalue weighted by Gasteiger charge is 2.28. The topological polar surface area (TPSA) is 96.7 Å². The molecule has 1 atom stereocenters. The number of benzene rings is 1. The number of anilines is 2. The van der Waals surface area contributed by atoms with Gasteiger partial charge in [0, 0.05) is 31.2 Å². The molecule has 9 heteroatoms. The standard InChI is InChI=1S/C27H29N7O2/c1-16-10-25-28-13-23(34(25)30-11-16)19-4-6-21(26-20(19)12-29-27(26)35)31-24-7-5-18(17-8-9-36-15-17)22(32-24)14-33(2)3/h4-7,10-11,13,17H,8-9,12,14-15H2,1-3H3,(H,29,35)(H,31,32)/t17-/m1/s1. The largest absolute Gasteiger partial charge is 0.381 e. The summed E-state index contributed by atoms with van der Waals surface area (Å²) in [4.78, 5) is 24.5. The lowest BCUT2D eigenvalue weighted by molar-refractivity contribution is 0.0966. The lowest BCUT2D eigenvalue weighted by atomic mass is 9.96. The Morgan fingerprint density at radius 3 is 2.92 bits per heavy atom. The van der Waals surface area contributed by atoms with Crippen LogP contribution in [0.2, 0.25) is 0 Å². The summed E-state index contributed by atoms with van der Waals surface area (Å²) < 4.78 is 7.44. The van der Waals surface area contributed by atoms with Gasteiger partial charge >= 0.3 is 0 Å². The van der Waals surface area contributed by atoms with Crippen molar-refractivity contribution in [3.8, 4) is 11.3 Å². The molecular weight excluding hydrogens is 454 g/mol. The molecule has 184 valence electrons. The number of ether oxygens (including phenoxy) is 1. The molecule has 3 aromatic heterocycles. The van der Waals surface area contributed by atoms with Crippen LogP contribution in [0.1, 0.15) is 45.1 Å². The maximum absolute atomic E-state index is 12.9. The molecule has 4 aromatic rings. The highest BCUT2D eigenvalue weighted by molar-refractivity contribution is 6.06. The molecule has 0 radical (unpaired) electrons. The van der Waals surface area contributed by atoms with E-state index in [1.807, 2.05) is 62.2 Å². The minimum atomic E-state index is -0.0970. The average Bonchev–Trinajstić information content (AvgIpc) is 3.60. The second kappa shape index (κ2) is 9.00. The molecule has 6 rings (SSSR count). The van der Waals surface area contributed by atoms with Gasteiger partial charge in [-0.2, -0.15) is 5.10 Å². The molecule has 2 N–H and O–H groups in total. The van der Waals surface area contributed by atoms with Gasteiger partial charge < -0.3 is 20.3 Å². The van der Waals surface area contributed by atoms with Gasteiger partial charge in [0.25, 0.3) is 5.91 Å². The Bertz CT molecular complexity index is 1470. The predicted octanol–water partition coefficient (Wildman–Crippen LogP) is 3.65. The fourth-order valence-corrected chi connectivity index (χ4v) is 5.14. The third-order valence-corrected chi connectivity index (χ3v) is 6.85. The summed E-state index contributed by atoms with van der Waals surface area (Å²) >= 11 is 0. The van der Waals surface area contributed by atoms with E-state index in [-0.39, 0.29) is 5.91 Å². The number of nitrogens with one attached hydrogen (secondary N) is 2. The fraction of sp³-hybridized carbons (Fsp3) is 0.333. The van der Waals surface area contributed by atoms with Crippen LogP contribution in [-0.2, 0) is 17.8 Å². The van der Waals surface area contributed by atoms with Crippen molar-refractivity contribution in [2.75, 3.05) is 32.6 Å². The van der Waals surface area contributed by atoms with Crippen molar-refractivity contribution in [3.63, 3.8) is 0 Å². The summed E-state index contributed by atoms with van der Waals surface area (Å²) in [6, 6.07) is 10.1. The van der Waals surface area contributed by atoms with Gasteiger partial charge in [-0.05, 0) is 62.3 Å². The number of hydrogen-bond acceptors (Lipinski definition) is 7. The molecule has 1 fully saturated rings. The van der Waals surface area contributed by atoms with E-state index in [0.717, 1.165) is 71.4 Å². The van der Waals surface area contributed by atoms with Crippen LogP contribution in [0.3, 0.4) is 0 Å². The predicted molar refractivity (Wildman–Crippen MR) is 137 cm³/mol. The number of aryl methyl sites for hydroxylation is 1. The molecular formula is C27H29N7O2. The van der Waals surface area contributed by atoms with Crippen molar-refractivity contribution in [2.45, 2.75) is 32.4 Å². The average molecular weight is 484 g/mol. The molecule has 2 aliphatic rings. The summed E-state index contributed by atoms with van der Waals surface area (Å²) in [5.74, 6) is 0.995. The smallest absolute Gasteiger partial charge is 0.254 e. The van der Waals surface area contributed by atoms with E-state index in [0.29, 0.717) is 18.0 Å². The van der Waals surface area contributed by atoms with Crippen molar-refractivity contribution in [2.24, 2.45) is 0 Å². The van der Waals surface area contributed by atoms with Crippen molar-refractivity contribution < 1.29 is 9.53 Å². The Morgan fingerprint density at radius 2 is 2.11 bits per heavy atom. The lowest BCUT2D eigenvalue weighted by Crippen LogP contribution is -2.16. The zero-order valence-corrected chi connectivity index (χ0v) is 20.7. The van der Waals surface area contributed by atoms with Gasteiger partial charge in [0.15, 0.2) is 5.65 Å². The van der Waals surface area contributed by atoms with Crippen LogP contribution in [0.25, 0.3) is 16.9 Å². The van der Waals surface area contributed by atoms with Gasteiger partial charge in [0.2, 0.25) is 0 Å². The highest BCUT2D eigenvalue weighted by atomic mass is 16.5. The third-order valence-electron chi connectivity index (χ3n) is 6.85. The molecule has 0 saturated carbocycles. The van der Waals surface area contributed by atoms with E-state index in [2.05, 4.69) is 31.7 Å². The van der Waals surface area contributed by atoms with Crippen LogP contribution in [0.15, 0.2) is 42.7 Å². The van der Waals surface area contributed by atoms with E-state index in [4.69, 9.17) is 9.72 Å². The van der Waals surface area contributed by atoms with Crippen LogP contribution in [0, 0.1) is 6.92 Å². The van der Waals surface area contributed by atoms with Crippen LogP contribution in [0.4, 0.5) is 11.5 Å². The second-order valence-corrected chi connectivity index (χ2v) is 9.80. The number of carbonyl (C=O) groups excluding carboxylic acids is 1. The molecule has 5 heterocycles. The quantitative estimate of drug-likeness (QED) is 0.432. The van der Waals surface area contributed by atoms with Crippen molar-refractivity contribution in [1.82, 2.24) is 29.8 Å². The van der Waals surface area contributed by atoms with E-state index in [9.17, 15) is 4.79 Å². The summed E-state index contributed by atoms with van der Waals surface area (Å²) in [7, 11) is 4.09. The number of hydrogen-bond donors (Lipinski definition) is 2. The zero-order chi connectivity index (χ0) is 24.8. The number of aromatic nitrogens is 4. The first-order valence-electron chi connectivity index (χ1n) is 12.2. The Balaban J connectivity index is 1.38. The van der Waals surface area contributed by atoms with Gasteiger partial charge in [-0.15, -0.1) is 0 Å². The Morgan fingerprint density at radius 1 is 1.22 bits per heavy atom. The first-order chi connectivity index (χ1) is 17.5. The number of rotatable bonds is 6. The molecule has 0 aliphatic carbocycles. The monoisotopic (exact) mass is 483 g/mol. The van der Waals surface area contributed by atoms with Crippen LogP contribution < -0.4 is 10.6 Å². The number of fused-ring (bicyclic) bond motifs is 2. The van der Waals surface area contributed by atoms with Gasteiger partial charge in [0.1, 0.15) is 5.82 Å². The molecule has 0 spiro atoms. The first-order valence-corrected chi connectivity index (χ1v) is 12.2. The number of imidazole rings is 1. The summed E-state index contributed by atoms with van der Waals surface area (Å²) in [6.45, 7) is 4.72. The van der Waals surface area contributed by atoms with Gasteiger partial charge in [-0.3, -0.25) is 4.79 Å². The van der Waals surface area contributed by atoms with Gasteiger partial charge in [0.05, 0.1) is 41.6 Å². The van der Waals surface area contributed by atoms with E-state index in [1.54, 1.807) is 0 Å². The molecule has 1 saturated heterocycles. The minimum Gasteiger partial charge on any atom is -0.381 e. The normalized spacial score (nSPS) is 17.1. The van der Waals surface area contributed by atoms with Crippen molar-refractivity contribution in [3.05, 3.63) is 70.7 Å². The lowest BCUT2D eigenvalue weighted by Gasteiger charge is -2.19.